The van der Waals surface area contributed by atoms with Crippen LogP contribution in [0, 0.1) is 0 Å². The molecule has 2 amide bonds. The summed E-state index contributed by atoms with van der Waals surface area (Å²) >= 11 is 11.8. The van der Waals surface area contributed by atoms with E-state index in [1.807, 2.05) is 19.2 Å². The Hall–Kier alpha value is -3.13. The molecule has 9 heteroatoms. The second kappa shape index (κ2) is 8.55. The molecule has 1 aliphatic heterocycles. The molecular weight excluding hydrogens is 439 g/mol. The zero-order valence-corrected chi connectivity index (χ0v) is 18.0. The molecule has 158 valence electrons. The van der Waals surface area contributed by atoms with E-state index in [2.05, 4.69) is 20.5 Å². The third-order valence-corrected chi connectivity index (χ3v) is 5.33. The largest absolute Gasteiger partial charge is 0.506 e. The zero-order chi connectivity index (χ0) is 22.1. The van der Waals surface area contributed by atoms with Crippen LogP contribution in [0.2, 0.25) is 10.0 Å². The fourth-order valence-electron chi connectivity index (χ4n) is 3.43. The maximum absolute atomic E-state index is 12.9. The summed E-state index contributed by atoms with van der Waals surface area (Å²) < 4.78 is 0. The van der Waals surface area contributed by atoms with Gasteiger partial charge in [0, 0.05) is 35.9 Å². The average Bonchev–Trinajstić information content (AvgIpc) is 3.10. The van der Waals surface area contributed by atoms with Gasteiger partial charge in [0.2, 0.25) is 0 Å². The van der Waals surface area contributed by atoms with E-state index in [9.17, 15) is 14.7 Å². The number of carbonyl (C=O) groups excluding carboxylic acids is 2. The maximum Gasteiger partial charge on any atom is 0.259 e. The highest BCUT2D eigenvalue weighted by Crippen LogP contribution is 2.33. The first-order valence-corrected chi connectivity index (χ1v) is 10.1. The third kappa shape index (κ3) is 4.64. The van der Waals surface area contributed by atoms with Crippen LogP contribution in [0.25, 0.3) is 0 Å². The predicted molar refractivity (Wildman–Crippen MR) is 120 cm³/mol. The Balaban J connectivity index is 1.61. The zero-order valence-electron chi connectivity index (χ0n) is 16.4. The Morgan fingerprint density at radius 3 is 2.48 bits per heavy atom. The molecule has 2 aromatic carbocycles. The standard InChI is InChI=1S/C22H18Cl2N4O3/c1-28-10-13-3-2-12(6-14(13)11-28)21(30)27-20-17(7-16(24)8-18(20)29)22(31)26-19-5-4-15(23)9-25-19/h2-9,29H,10-11H2,1H3,(H,27,30)(H,25,26,31). The van der Waals surface area contributed by atoms with Gasteiger partial charge in [-0.15, -0.1) is 0 Å². The second-order valence-electron chi connectivity index (χ2n) is 7.27. The molecule has 0 saturated carbocycles. The van der Waals surface area contributed by atoms with Gasteiger partial charge in [-0.3, -0.25) is 14.5 Å². The number of rotatable bonds is 4. The lowest BCUT2D eigenvalue weighted by molar-refractivity contribution is 0.102. The van der Waals surface area contributed by atoms with E-state index in [4.69, 9.17) is 23.2 Å². The minimum Gasteiger partial charge on any atom is -0.506 e. The molecule has 31 heavy (non-hydrogen) atoms. The van der Waals surface area contributed by atoms with Crippen LogP contribution in [0.15, 0.2) is 48.7 Å². The Morgan fingerprint density at radius 2 is 1.74 bits per heavy atom. The lowest BCUT2D eigenvalue weighted by Crippen LogP contribution is -2.19. The number of anilines is 2. The SMILES string of the molecule is CN1Cc2ccc(C(=O)Nc3c(O)cc(Cl)cc3C(=O)Nc3ccc(Cl)cn3)cc2C1. The predicted octanol–water partition coefficient (Wildman–Crippen LogP) is 4.54. The van der Waals surface area contributed by atoms with Gasteiger partial charge in [0.15, 0.2) is 0 Å². The maximum atomic E-state index is 12.9. The Bertz CT molecular complexity index is 1180. The van der Waals surface area contributed by atoms with Crippen LogP contribution in [-0.2, 0) is 13.1 Å². The fourth-order valence-corrected chi connectivity index (χ4v) is 3.75. The molecule has 0 spiro atoms. The summed E-state index contributed by atoms with van der Waals surface area (Å²) in [6, 6.07) is 11.2. The lowest BCUT2D eigenvalue weighted by Gasteiger charge is -2.14. The van der Waals surface area contributed by atoms with Crippen LogP contribution < -0.4 is 10.6 Å². The van der Waals surface area contributed by atoms with Crippen molar-refractivity contribution in [1.82, 2.24) is 9.88 Å². The van der Waals surface area contributed by atoms with Gasteiger partial charge in [-0.05, 0) is 48.5 Å². The molecule has 0 unspecified atom stereocenters. The molecule has 0 fully saturated rings. The van der Waals surface area contributed by atoms with Crippen molar-refractivity contribution in [3.05, 3.63) is 81.0 Å². The Labute approximate surface area is 188 Å². The number of pyridine rings is 1. The number of aromatic nitrogens is 1. The van der Waals surface area contributed by atoms with E-state index < -0.39 is 11.8 Å². The molecule has 2 heterocycles. The molecule has 3 aromatic rings. The fraction of sp³-hybridized carbons (Fsp3) is 0.136. The van der Waals surface area contributed by atoms with Gasteiger partial charge < -0.3 is 15.7 Å². The number of halogens is 2. The van der Waals surface area contributed by atoms with Crippen molar-refractivity contribution in [1.29, 1.82) is 0 Å². The van der Waals surface area contributed by atoms with Crippen molar-refractivity contribution in [2.75, 3.05) is 17.7 Å². The summed E-state index contributed by atoms with van der Waals surface area (Å²) in [5.41, 5.74) is 2.62. The molecule has 0 radical (unpaired) electrons. The summed E-state index contributed by atoms with van der Waals surface area (Å²) in [5.74, 6) is -1.11. The van der Waals surface area contributed by atoms with Crippen LogP contribution in [0.1, 0.15) is 31.8 Å². The van der Waals surface area contributed by atoms with Gasteiger partial charge in [-0.2, -0.15) is 0 Å². The van der Waals surface area contributed by atoms with Gasteiger partial charge in [-0.25, -0.2) is 4.98 Å². The highest BCUT2D eigenvalue weighted by Gasteiger charge is 2.22. The highest BCUT2D eigenvalue weighted by molar-refractivity contribution is 6.32. The average molecular weight is 457 g/mol. The van der Waals surface area contributed by atoms with Crippen molar-refractivity contribution in [3.63, 3.8) is 0 Å². The number of phenolic OH excluding ortho intramolecular Hbond substituents is 1. The van der Waals surface area contributed by atoms with Crippen molar-refractivity contribution >= 4 is 46.5 Å². The number of phenols is 1. The van der Waals surface area contributed by atoms with Crippen molar-refractivity contribution < 1.29 is 14.7 Å². The number of nitrogens with zero attached hydrogens (tertiary/aromatic N) is 2. The number of hydrogen-bond acceptors (Lipinski definition) is 5. The monoisotopic (exact) mass is 456 g/mol. The number of nitrogens with one attached hydrogen (secondary N) is 2. The second-order valence-corrected chi connectivity index (χ2v) is 8.15. The Kier molecular flexibility index (Phi) is 5.82. The molecule has 0 saturated heterocycles. The molecule has 0 aliphatic carbocycles. The summed E-state index contributed by atoms with van der Waals surface area (Å²) in [4.78, 5) is 31.9. The molecule has 0 atom stereocenters. The summed E-state index contributed by atoms with van der Waals surface area (Å²) in [5, 5.41) is 16.2. The Morgan fingerprint density at radius 1 is 0.968 bits per heavy atom. The number of aromatic hydroxyl groups is 1. The number of benzene rings is 2. The van der Waals surface area contributed by atoms with Crippen LogP contribution in [-0.4, -0.2) is 33.9 Å². The summed E-state index contributed by atoms with van der Waals surface area (Å²) in [6.07, 6.45) is 1.39. The first kappa shape index (κ1) is 21.1. The minimum absolute atomic E-state index is 0.00371. The van der Waals surface area contributed by atoms with E-state index in [1.165, 1.54) is 30.0 Å². The van der Waals surface area contributed by atoms with E-state index >= 15 is 0 Å². The smallest absolute Gasteiger partial charge is 0.259 e. The molecule has 7 nitrogen and oxygen atoms in total. The molecule has 4 rings (SSSR count). The number of amides is 2. The molecule has 1 aliphatic rings. The van der Waals surface area contributed by atoms with Crippen molar-refractivity contribution in [3.8, 4) is 5.75 Å². The number of hydrogen-bond donors (Lipinski definition) is 3. The van der Waals surface area contributed by atoms with Gasteiger partial charge in [0.1, 0.15) is 11.6 Å². The molecule has 3 N–H and O–H groups in total. The lowest BCUT2D eigenvalue weighted by atomic mass is 10.1. The van der Waals surface area contributed by atoms with Crippen LogP contribution in [0.4, 0.5) is 11.5 Å². The normalized spacial score (nSPS) is 13.0. The van der Waals surface area contributed by atoms with Gasteiger partial charge in [-0.1, -0.05) is 29.3 Å². The molecule has 0 bridgehead atoms. The van der Waals surface area contributed by atoms with Gasteiger partial charge in [0.05, 0.1) is 16.3 Å². The van der Waals surface area contributed by atoms with Crippen LogP contribution in [0.5, 0.6) is 5.75 Å². The number of carbonyl (C=O) groups is 2. The van der Waals surface area contributed by atoms with E-state index in [1.54, 1.807) is 12.1 Å². The van der Waals surface area contributed by atoms with E-state index in [0.29, 0.717) is 10.6 Å². The van der Waals surface area contributed by atoms with E-state index in [0.717, 1.165) is 18.7 Å². The quantitative estimate of drug-likeness (QED) is 0.500. The van der Waals surface area contributed by atoms with Gasteiger partial charge >= 0.3 is 0 Å². The summed E-state index contributed by atoms with van der Waals surface area (Å²) in [7, 11) is 2.01. The minimum atomic E-state index is -0.599. The van der Waals surface area contributed by atoms with Crippen LogP contribution in [0.3, 0.4) is 0 Å². The van der Waals surface area contributed by atoms with Crippen LogP contribution >= 0.6 is 23.2 Å². The van der Waals surface area contributed by atoms with Crippen molar-refractivity contribution in [2.45, 2.75) is 13.1 Å². The highest BCUT2D eigenvalue weighted by atomic mass is 35.5. The molecule has 1 aromatic heterocycles. The number of fused-ring (bicyclic) bond motifs is 1. The summed E-state index contributed by atoms with van der Waals surface area (Å²) in [6.45, 7) is 1.59. The van der Waals surface area contributed by atoms with Crippen molar-refractivity contribution in [2.24, 2.45) is 0 Å². The molecular formula is C22H18Cl2N4O3. The first-order valence-electron chi connectivity index (χ1n) is 9.37. The topological polar surface area (TPSA) is 94.6 Å². The first-order chi connectivity index (χ1) is 14.8. The third-order valence-electron chi connectivity index (χ3n) is 4.88. The van der Waals surface area contributed by atoms with E-state index in [-0.39, 0.29) is 27.8 Å². The van der Waals surface area contributed by atoms with Gasteiger partial charge in [0.25, 0.3) is 11.8 Å².